The Morgan fingerprint density at radius 3 is 2.67 bits per heavy atom. The van der Waals surface area contributed by atoms with Crippen LogP contribution in [0, 0.1) is 13.8 Å². The minimum Gasteiger partial charge on any atom is -0.465 e. The van der Waals surface area contributed by atoms with Crippen LogP contribution >= 0.6 is 11.3 Å². The molecule has 8 heteroatoms. The molecule has 0 amide bonds. The van der Waals surface area contributed by atoms with Crippen molar-refractivity contribution < 1.29 is 17.9 Å². The molecule has 0 aliphatic rings. The zero-order valence-corrected chi connectivity index (χ0v) is 13.3. The molecule has 0 radical (unpaired) electrons. The summed E-state index contributed by atoms with van der Waals surface area (Å²) in [5.41, 5.74) is 1.61. The number of methoxy groups -OCH3 is 1. The van der Waals surface area contributed by atoms with Gasteiger partial charge in [0.2, 0.25) is 0 Å². The number of esters is 1. The van der Waals surface area contributed by atoms with Gasteiger partial charge in [-0.3, -0.25) is 9.71 Å². The molecule has 2 rings (SSSR count). The van der Waals surface area contributed by atoms with Crippen molar-refractivity contribution in [3.63, 3.8) is 0 Å². The van der Waals surface area contributed by atoms with Crippen LogP contribution in [0.25, 0.3) is 0 Å². The fourth-order valence-corrected chi connectivity index (χ4v) is 4.59. The molecule has 2 aromatic heterocycles. The fourth-order valence-electron chi connectivity index (χ4n) is 1.77. The predicted octanol–water partition coefficient (Wildman–Crippen LogP) is 2.35. The Kier molecular flexibility index (Phi) is 4.29. The molecule has 112 valence electrons. The van der Waals surface area contributed by atoms with E-state index < -0.39 is 16.0 Å². The average Bonchev–Trinajstić information content (AvgIpc) is 2.83. The van der Waals surface area contributed by atoms with Gasteiger partial charge in [-0.05, 0) is 36.4 Å². The zero-order valence-electron chi connectivity index (χ0n) is 11.7. The Balaban J connectivity index is 2.48. The molecule has 0 saturated heterocycles. The second kappa shape index (κ2) is 5.82. The number of pyridine rings is 1. The second-order valence-electron chi connectivity index (χ2n) is 4.36. The zero-order chi connectivity index (χ0) is 15.6. The van der Waals surface area contributed by atoms with Gasteiger partial charge in [-0.15, -0.1) is 11.3 Å². The van der Waals surface area contributed by atoms with E-state index in [4.69, 9.17) is 0 Å². The number of anilines is 1. The largest absolute Gasteiger partial charge is 0.465 e. The predicted molar refractivity (Wildman–Crippen MR) is 80.2 cm³/mol. The number of carbonyl (C=O) groups excluding carboxylic acids is 1. The number of nitrogens with one attached hydrogen (secondary N) is 1. The first-order chi connectivity index (χ1) is 9.86. The molecule has 6 nitrogen and oxygen atoms in total. The molecule has 2 aromatic rings. The third-order valence-electron chi connectivity index (χ3n) is 2.84. The van der Waals surface area contributed by atoms with Gasteiger partial charge >= 0.3 is 5.97 Å². The summed E-state index contributed by atoms with van der Waals surface area (Å²) in [6.07, 6.45) is 3.00. The lowest BCUT2D eigenvalue weighted by Crippen LogP contribution is -2.17. The van der Waals surface area contributed by atoms with Crippen molar-refractivity contribution in [1.82, 2.24) is 4.98 Å². The molecular weight excluding hydrogens is 312 g/mol. The van der Waals surface area contributed by atoms with Crippen molar-refractivity contribution in [2.24, 2.45) is 0 Å². The maximum Gasteiger partial charge on any atom is 0.349 e. The van der Waals surface area contributed by atoms with Gasteiger partial charge in [0.05, 0.1) is 19.0 Å². The van der Waals surface area contributed by atoms with E-state index in [0.29, 0.717) is 11.3 Å². The molecule has 0 unspecified atom stereocenters. The van der Waals surface area contributed by atoms with Crippen molar-refractivity contribution in [3.05, 3.63) is 39.8 Å². The Morgan fingerprint density at radius 1 is 1.33 bits per heavy atom. The van der Waals surface area contributed by atoms with Crippen LogP contribution < -0.4 is 4.72 Å². The van der Waals surface area contributed by atoms with E-state index in [2.05, 4.69) is 14.4 Å². The number of hydrogen-bond acceptors (Lipinski definition) is 6. The minimum atomic E-state index is -3.89. The number of nitrogens with zero attached hydrogens (tertiary/aromatic N) is 1. The van der Waals surface area contributed by atoms with Crippen LogP contribution in [0.2, 0.25) is 0 Å². The second-order valence-corrected chi connectivity index (χ2v) is 6.86. The summed E-state index contributed by atoms with van der Waals surface area (Å²) in [6.45, 7) is 3.40. The number of aromatic nitrogens is 1. The van der Waals surface area contributed by atoms with Crippen molar-refractivity contribution >= 4 is 33.0 Å². The van der Waals surface area contributed by atoms with Crippen LogP contribution in [0.5, 0.6) is 0 Å². The van der Waals surface area contributed by atoms with Gasteiger partial charge < -0.3 is 4.74 Å². The Bertz CT molecular complexity index is 781. The van der Waals surface area contributed by atoms with Gasteiger partial charge in [-0.1, -0.05) is 0 Å². The fraction of sp³-hybridized carbons (Fsp3) is 0.231. The summed E-state index contributed by atoms with van der Waals surface area (Å²) in [4.78, 5) is 15.6. The standard InChI is InChI=1S/C13H14N2O4S2/c1-8-4-5-14-6-10(8)15-21(17,18)12-9(2)7-20-11(12)13(16)19-3/h4-7,15H,1-3H3. The average molecular weight is 326 g/mol. The molecule has 0 spiro atoms. The summed E-state index contributed by atoms with van der Waals surface area (Å²) in [5.74, 6) is -0.670. The third-order valence-corrected chi connectivity index (χ3v) is 5.60. The van der Waals surface area contributed by atoms with Crippen LogP contribution in [-0.2, 0) is 14.8 Å². The molecule has 0 bridgehead atoms. The van der Waals surface area contributed by atoms with Crippen LogP contribution in [-0.4, -0.2) is 26.5 Å². The van der Waals surface area contributed by atoms with Gasteiger partial charge in [-0.2, -0.15) is 0 Å². The highest BCUT2D eigenvalue weighted by Gasteiger charge is 2.27. The number of sulfonamides is 1. The van der Waals surface area contributed by atoms with Crippen LogP contribution in [0.3, 0.4) is 0 Å². The summed E-state index contributed by atoms with van der Waals surface area (Å²) in [5, 5.41) is 1.61. The van der Waals surface area contributed by atoms with E-state index in [9.17, 15) is 13.2 Å². The summed E-state index contributed by atoms with van der Waals surface area (Å²) >= 11 is 1.04. The molecule has 0 saturated carbocycles. The number of rotatable bonds is 4. The first-order valence-electron chi connectivity index (χ1n) is 5.96. The van der Waals surface area contributed by atoms with Crippen LogP contribution in [0.15, 0.2) is 28.7 Å². The number of thiophene rings is 1. The number of aryl methyl sites for hydroxylation is 2. The maximum atomic E-state index is 12.5. The van der Waals surface area contributed by atoms with Crippen LogP contribution in [0.4, 0.5) is 5.69 Å². The number of hydrogen-bond donors (Lipinski definition) is 1. The van der Waals surface area contributed by atoms with E-state index in [0.717, 1.165) is 16.9 Å². The van der Waals surface area contributed by atoms with Crippen molar-refractivity contribution in [3.8, 4) is 0 Å². The van der Waals surface area contributed by atoms with E-state index >= 15 is 0 Å². The van der Waals surface area contributed by atoms with E-state index in [1.165, 1.54) is 13.3 Å². The van der Waals surface area contributed by atoms with E-state index in [1.54, 1.807) is 31.5 Å². The number of carbonyl (C=O) groups is 1. The maximum absolute atomic E-state index is 12.5. The lowest BCUT2D eigenvalue weighted by Gasteiger charge is -2.11. The quantitative estimate of drug-likeness (QED) is 0.872. The summed E-state index contributed by atoms with van der Waals surface area (Å²) < 4.78 is 32.2. The van der Waals surface area contributed by atoms with E-state index in [-0.39, 0.29) is 9.77 Å². The SMILES string of the molecule is COC(=O)c1scc(C)c1S(=O)(=O)Nc1cnccc1C. The van der Waals surface area contributed by atoms with Gasteiger partial charge in [0.25, 0.3) is 10.0 Å². The monoisotopic (exact) mass is 326 g/mol. The normalized spacial score (nSPS) is 11.2. The molecule has 2 heterocycles. The first-order valence-corrected chi connectivity index (χ1v) is 8.33. The molecule has 0 fully saturated rings. The highest BCUT2D eigenvalue weighted by atomic mass is 32.2. The molecule has 0 atom stereocenters. The topological polar surface area (TPSA) is 85.4 Å². The molecule has 1 N–H and O–H groups in total. The molecule has 0 aliphatic heterocycles. The van der Waals surface area contributed by atoms with Gasteiger partial charge in [0, 0.05) is 6.20 Å². The first kappa shape index (κ1) is 15.5. The molecule has 21 heavy (non-hydrogen) atoms. The summed E-state index contributed by atoms with van der Waals surface area (Å²) in [7, 11) is -2.67. The van der Waals surface area contributed by atoms with E-state index in [1.807, 2.05) is 0 Å². The highest BCUT2D eigenvalue weighted by molar-refractivity contribution is 7.93. The molecule has 0 aliphatic carbocycles. The lowest BCUT2D eigenvalue weighted by molar-refractivity contribution is 0.0602. The van der Waals surface area contributed by atoms with Gasteiger partial charge in [0.15, 0.2) is 0 Å². The lowest BCUT2D eigenvalue weighted by atomic mass is 10.3. The highest BCUT2D eigenvalue weighted by Crippen LogP contribution is 2.29. The molecule has 0 aromatic carbocycles. The Morgan fingerprint density at radius 2 is 2.05 bits per heavy atom. The summed E-state index contributed by atoms with van der Waals surface area (Å²) in [6, 6.07) is 1.69. The van der Waals surface area contributed by atoms with Crippen molar-refractivity contribution in [2.75, 3.05) is 11.8 Å². The van der Waals surface area contributed by atoms with Gasteiger partial charge in [-0.25, -0.2) is 13.2 Å². The third kappa shape index (κ3) is 3.06. The molecular formula is C13H14N2O4S2. The van der Waals surface area contributed by atoms with Crippen LogP contribution in [0.1, 0.15) is 20.8 Å². The van der Waals surface area contributed by atoms with Crippen molar-refractivity contribution in [2.45, 2.75) is 18.7 Å². The van der Waals surface area contributed by atoms with Crippen molar-refractivity contribution in [1.29, 1.82) is 0 Å². The Hall–Kier alpha value is -1.93. The number of ether oxygens (including phenoxy) is 1. The smallest absolute Gasteiger partial charge is 0.349 e. The van der Waals surface area contributed by atoms with Gasteiger partial charge in [0.1, 0.15) is 9.77 Å². The minimum absolute atomic E-state index is 0.0531. The Labute approximate surface area is 126 Å².